The Morgan fingerprint density at radius 1 is 0.479 bits per heavy atom. The van der Waals surface area contributed by atoms with E-state index < -0.39 is 0 Å². The lowest BCUT2D eigenvalue weighted by Crippen LogP contribution is -2.05. The molecule has 0 aliphatic heterocycles. The molecule has 0 fully saturated rings. The molecule has 0 aliphatic rings. The molecule has 3 heteroatoms. The Labute approximate surface area is 289 Å². The van der Waals surface area contributed by atoms with Gasteiger partial charge in [0.15, 0.2) is 0 Å². The summed E-state index contributed by atoms with van der Waals surface area (Å²) in [6, 6.07) is 28.9. The highest BCUT2D eigenvalue weighted by Crippen LogP contribution is 2.45. The van der Waals surface area contributed by atoms with Crippen LogP contribution in [0.1, 0.15) is 109 Å². The van der Waals surface area contributed by atoms with Crippen molar-refractivity contribution in [3.05, 3.63) is 129 Å². The van der Waals surface area contributed by atoms with Gasteiger partial charge in [-0.3, -0.25) is 5.43 Å². The van der Waals surface area contributed by atoms with Crippen molar-refractivity contribution < 1.29 is 0 Å². The van der Waals surface area contributed by atoms with E-state index in [-0.39, 0.29) is 0 Å². The summed E-state index contributed by atoms with van der Waals surface area (Å²) in [6.07, 6.45) is 0. The van der Waals surface area contributed by atoms with Gasteiger partial charge in [0.05, 0.1) is 5.69 Å². The summed E-state index contributed by atoms with van der Waals surface area (Å²) < 4.78 is 0. The maximum absolute atomic E-state index is 5.06. The second-order valence-corrected chi connectivity index (χ2v) is 14.6. The minimum atomic E-state index is 0.377. The molecule has 0 aliphatic carbocycles. The molecule has 0 radical (unpaired) electrons. The lowest BCUT2D eigenvalue weighted by atomic mass is 9.81. The summed E-state index contributed by atoms with van der Waals surface area (Å²) in [4.78, 5) is 0. The average molecular weight is 636 g/mol. The van der Waals surface area contributed by atoms with Crippen molar-refractivity contribution in [2.24, 2.45) is 10.3 Å². The van der Waals surface area contributed by atoms with E-state index in [1.165, 1.54) is 66.8 Å². The van der Waals surface area contributed by atoms with E-state index in [9.17, 15) is 0 Å². The van der Waals surface area contributed by atoms with Gasteiger partial charge in [0, 0.05) is 16.7 Å². The van der Waals surface area contributed by atoms with Crippen molar-refractivity contribution >= 4 is 11.4 Å². The molecule has 0 spiro atoms. The van der Waals surface area contributed by atoms with Crippen LogP contribution in [0.4, 0.5) is 11.4 Å². The van der Waals surface area contributed by atoms with Gasteiger partial charge in [-0.1, -0.05) is 131 Å². The van der Waals surface area contributed by atoms with Gasteiger partial charge in [-0.15, -0.1) is 5.11 Å². The number of rotatable bonds is 9. The predicted octanol–water partition coefficient (Wildman–Crippen LogP) is 14.0. The molecular formula is C45H53N3. The summed E-state index contributed by atoms with van der Waals surface area (Å²) in [6.45, 7) is 26.9. The Balaban J connectivity index is 1.70. The van der Waals surface area contributed by atoms with Gasteiger partial charge in [-0.2, -0.15) is 0 Å². The molecule has 5 aromatic rings. The maximum Gasteiger partial charge on any atom is 0.103 e. The first-order valence-electron chi connectivity index (χ1n) is 17.5. The molecule has 0 bridgehead atoms. The zero-order valence-corrected chi connectivity index (χ0v) is 31.1. The van der Waals surface area contributed by atoms with E-state index in [4.69, 9.17) is 10.3 Å². The van der Waals surface area contributed by atoms with Gasteiger partial charge in [-0.05, 0) is 121 Å². The first-order valence-corrected chi connectivity index (χ1v) is 17.5. The van der Waals surface area contributed by atoms with Gasteiger partial charge in [0.1, 0.15) is 5.69 Å². The van der Waals surface area contributed by atoms with Crippen LogP contribution in [0.2, 0.25) is 0 Å². The Morgan fingerprint density at radius 2 is 0.917 bits per heavy atom. The minimum Gasteiger partial charge on any atom is -0.259 e. The van der Waals surface area contributed by atoms with E-state index >= 15 is 0 Å². The summed E-state index contributed by atoms with van der Waals surface area (Å²) in [5, 5.41) is 9.86. The van der Waals surface area contributed by atoms with Gasteiger partial charge in [-0.25, -0.2) is 0 Å². The minimum absolute atomic E-state index is 0.377. The lowest BCUT2D eigenvalue weighted by molar-refractivity contribution is 0.807. The van der Waals surface area contributed by atoms with Crippen LogP contribution in [0.15, 0.2) is 89.2 Å². The van der Waals surface area contributed by atoms with Crippen molar-refractivity contribution in [3.63, 3.8) is 0 Å². The third-order valence-corrected chi connectivity index (χ3v) is 9.58. The van der Waals surface area contributed by atoms with Crippen molar-refractivity contribution in [3.8, 4) is 33.4 Å². The van der Waals surface area contributed by atoms with Crippen LogP contribution < -0.4 is 5.43 Å². The number of nitrogens with one attached hydrogen (secondary N) is 1. The normalized spacial score (nSPS) is 11.8. The molecule has 5 rings (SSSR count). The number of aryl methyl sites for hydroxylation is 6. The zero-order chi connectivity index (χ0) is 34.9. The van der Waals surface area contributed by atoms with Crippen LogP contribution in [0.5, 0.6) is 0 Å². The SMILES string of the molecule is Cc1cc(C)c(-c2cccc(-c3c(C)cc(C)cc3C)c2N=NNc2ccccc2-c2c(C(C)C)cc(C(C)C)cc2C(C)C)c(C)c1. The molecule has 0 saturated carbocycles. The van der Waals surface area contributed by atoms with Crippen molar-refractivity contribution in [1.29, 1.82) is 0 Å². The average Bonchev–Trinajstić information content (AvgIpc) is 3.00. The molecular weight excluding hydrogens is 583 g/mol. The molecule has 0 unspecified atom stereocenters. The Kier molecular flexibility index (Phi) is 10.4. The molecule has 0 amide bonds. The van der Waals surface area contributed by atoms with E-state index in [1.807, 2.05) is 0 Å². The summed E-state index contributed by atoms with van der Waals surface area (Å²) in [5.74, 6) is 1.22. The monoisotopic (exact) mass is 635 g/mol. The summed E-state index contributed by atoms with van der Waals surface area (Å²) in [7, 11) is 0. The fourth-order valence-electron chi connectivity index (χ4n) is 7.46. The van der Waals surface area contributed by atoms with Gasteiger partial charge >= 0.3 is 0 Å². The molecule has 0 saturated heterocycles. The highest BCUT2D eigenvalue weighted by molar-refractivity contribution is 5.92. The molecule has 0 atom stereocenters. The number of hydrogen-bond donors (Lipinski definition) is 1. The highest BCUT2D eigenvalue weighted by Gasteiger charge is 2.21. The van der Waals surface area contributed by atoms with Gasteiger partial charge in [0.2, 0.25) is 0 Å². The van der Waals surface area contributed by atoms with E-state index in [0.717, 1.165) is 28.1 Å². The third kappa shape index (κ3) is 7.02. The standard InChI is InChI=1S/C45H53N3/c1-26(2)35-24-39(27(3)4)44(40(25-35)28(5)6)36-16-13-14-19-41(36)46-48-47-45-37(42-31(9)20-29(7)21-32(42)10)17-15-18-38(45)43-33(11)22-30(8)23-34(43)12/h13-28H,1-12H3,(H,46,47). The first-order chi connectivity index (χ1) is 22.8. The topological polar surface area (TPSA) is 36.8 Å². The van der Waals surface area contributed by atoms with Crippen molar-refractivity contribution in [2.75, 3.05) is 5.43 Å². The zero-order valence-electron chi connectivity index (χ0n) is 31.1. The fourth-order valence-corrected chi connectivity index (χ4v) is 7.46. The van der Waals surface area contributed by atoms with Crippen LogP contribution in [0, 0.1) is 41.5 Å². The molecule has 0 heterocycles. The third-order valence-electron chi connectivity index (χ3n) is 9.58. The quantitative estimate of drug-likeness (QED) is 0.127. The van der Waals surface area contributed by atoms with Crippen LogP contribution in [-0.2, 0) is 0 Å². The van der Waals surface area contributed by atoms with E-state index in [0.29, 0.717) is 17.8 Å². The molecule has 0 aromatic heterocycles. The predicted molar refractivity (Wildman–Crippen MR) is 208 cm³/mol. The van der Waals surface area contributed by atoms with Crippen LogP contribution >= 0.6 is 0 Å². The number of hydrogen-bond acceptors (Lipinski definition) is 2. The molecule has 1 N–H and O–H groups in total. The highest BCUT2D eigenvalue weighted by atomic mass is 15.4. The second-order valence-electron chi connectivity index (χ2n) is 14.6. The molecule has 5 aromatic carbocycles. The van der Waals surface area contributed by atoms with Crippen LogP contribution in [0.3, 0.4) is 0 Å². The smallest absolute Gasteiger partial charge is 0.103 e. The number of benzene rings is 5. The van der Waals surface area contributed by atoms with Crippen molar-refractivity contribution in [1.82, 2.24) is 0 Å². The number of nitrogens with zero attached hydrogens (tertiary/aromatic N) is 2. The molecule has 48 heavy (non-hydrogen) atoms. The Hall–Kier alpha value is -4.50. The number of para-hydroxylation sites is 1. The Morgan fingerprint density at radius 3 is 1.35 bits per heavy atom. The first kappa shape index (κ1) is 34.8. The summed E-state index contributed by atoms with van der Waals surface area (Å²) in [5.41, 5.74) is 24.0. The second kappa shape index (κ2) is 14.3. The van der Waals surface area contributed by atoms with E-state index in [1.54, 1.807) is 0 Å². The van der Waals surface area contributed by atoms with Gasteiger partial charge < -0.3 is 0 Å². The van der Waals surface area contributed by atoms with Crippen LogP contribution in [0.25, 0.3) is 33.4 Å². The lowest BCUT2D eigenvalue weighted by Gasteiger charge is -2.24. The maximum atomic E-state index is 5.06. The Bertz CT molecular complexity index is 1840. The van der Waals surface area contributed by atoms with Gasteiger partial charge in [0.25, 0.3) is 0 Å². The summed E-state index contributed by atoms with van der Waals surface area (Å²) >= 11 is 0. The van der Waals surface area contributed by atoms with Crippen LogP contribution in [-0.4, -0.2) is 0 Å². The number of anilines is 1. The van der Waals surface area contributed by atoms with Crippen molar-refractivity contribution in [2.45, 2.75) is 101 Å². The molecule has 3 nitrogen and oxygen atoms in total. The molecule has 248 valence electrons. The van der Waals surface area contributed by atoms with E-state index in [2.05, 4.69) is 167 Å². The largest absolute Gasteiger partial charge is 0.259 e. The fraction of sp³-hybridized carbons (Fsp3) is 0.333.